The summed E-state index contributed by atoms with van der Waals surface area (Å²) in [5.74, 6) is 0. The lowest BCUT2D eigenvalue weighted by Crippen LogP contribution is -2.12. The smallest absolute Gasteiger partial charge is 0.270 e. The molecule has 25 heavy (non-hydrogen) atoms. The van der Waals surface area contributed by atoms with Crippen LogP contribution >= 0.6 is 0 Å². The summed E-state index contributed by atoms with van der Waals surface area (Å²) in [4.78, 5) is 9.97. The van der Waals surface area contributed by atoms with Gasteiger partial charge in [0.25, 0.3) is 15.7 Å². The first-order valence-electron chi connectivity index (χ1n) is 7.28. The number of nitrogens with zero attached hydrogens (tertiary/aromatic N) is 3. The van der Waals surface area contributed by atoms with Crippen LogP contribution in [0.25, 0.3) is 0 Å². The largest absolute Gasteiger partial charge is 0.276 e. The lowest BCUT2D eigenvalue weighted by atomic mass is 10.2. The van der Waals surface area contributed by atoms with Crippen molar-refractivity contribution >= 4 is 21.4 Å². The molecule has 0 aliphatic rings. The summed E-state index contributed by atoms with van der Waals surface area (Å²) in [5, 5.41) is 14.9. The van der Waals surface area contributed by atoms with Crippen LogP contribution in [0.5, 0.6) is 0 Å². The molecule has 3 aromatic rings. The van der Waals surface area contributed by atoms with Crippen molar-refractivity contribution in [2.75, 3.05) is 4.72 Å². The third-order valence-corrected chi connectivity index (χ3v) is 4.79. The first-order chi connectivity index (χ1) is 11.9. The molecule has 0 bridgehead atoms. The maximum Gasteiger partial charge on any atom is 0.270 e. The van der Waals surface area contributed by atoms with Crippen LogP contribution in [0.2, 0.25) is 0 Å². The Kier molecular flexibility index (Phi) is 4.48. The van der Waals surface area contributed by atoms with Gasteiger partial charge >= 0.3 is 0 Å². The minimum absolute atomic E-state index is 0.183. The molecule has 128 valence electrons. The van der Waals surface area contributed by atoms with E-state index in [1.165, 1.54) is 24.4 Å². The molecule has 0 aliphatic carbocycles. The Morgan fingerprint density at radius 3 is 2.60 bits per heavy atom. The van der Waals surface area contributed by atoms with Gasteiger partial charge in [-0.15, -0.1) is 0 Å². The maximum absolute atomic E-state index is 12.4. The molecule has 0 spiro atoms. The molecule has 0 fully saturated rings. The Bertz CT molecular complexity index is 1000. The number of aromatic nitrogens is 2. The first kappa shape index (κ1) is 16.7. The van der Waals surface area contributed by atoms with Crippen molar-refractivity contribution in [3.63, 3.8) is 0 Å². The van der Waals surface area contributed by atoms with Crippen molar-refractivity contribution in [3.8, 4) is 0 Å². The zero-order chi connectivity index (χ0) is 17.9. The fourth-order valence-corrected chi connectivity index (χ4v) is 3.32. The molecule has 3 rings (SSSR count). The molecular weight excluding hydrogens is 344 g/mol. The van der Waals surface area contributed by atoms with Gasteiger partial charge < -0.3 is 0 Å². The number of nitrogens with one attached hydrogen (secondary N) is 1. The van der Waals surface area contributed by atoms with Crippen LogP contribution in [0.3, 0.4) is 0 Å². The quantitative estimate of drug-likeness (QED) is 0.538. The van der Waals surface area contributed by atoms with Crippen molar-refractivity contribution in [3.05, 3.63) is 82.7 Å². The number of nitro groups is 1. The number of non-ortho nitro benzene ring substituents is 1. The minimum Gasteiger partial charge on any atom is -0.276 e. The number of nitro benzene ring substituents is 1. The van der Waals surface area contributed by atoms with Crippen LogP contribution in [0.4, 0.5) is 11.4 Å². The third-order valence-electron chi connectivity index (χ3n) is 3.41. The van der Waals surface area contributed by atoms with Gasteiger partial charge in [-0.05, 0) is 11.6 Å². The molecule has 0 atom stereocenters. The molecule has 0 unspecified atom stereocenters. The van der Waals surface area contributed by atoms with Gasteiger partial charge in [-0.1, -0.05) is 36.4 Å². The van der Waals surface area contributed by atoms with Gasteiger partial charge in [0.05, 0.1) is 28.2 Å². The van der Waals surface area contributed by atoms with Gasteiger partial charge in [0.15, 0.2) is 0 Å². The van der Waals surface area contributed by atoms with Gasteiger partial charge in [0.2, 0.25) is 0 Å². The van der Waals surface area contributed by atoms with Gasteiger partial charge in [0, 0.05) is 18.3 Å². The van der Waals surface area contributed by atoms with Crippen LogP contribution in [0.15, 0.2) is 71.9 Å². The van der Waals surface area contributed by atoms with Gasteiger partial charge in [0.1, 0.15) is 0 Å². The molecular formula is C16H14N4O4S. The van der Waals surface area contributed by atoms with E-state index in [0.717, 1.165) is 11.6 Å². The Morgan fingerprint density at radius 2 is 1.88 bits per heavy atom. The summed E-state index contributed by atoms with van der Waals surface area (Å²) >= 11 is 0. The number of hydrogen-bond acceptors (Lipinski definition) is 5. The van der Waals surface area contributed by atoms with Crippen LogP contribution < -0.4 is 4.72 Å². The van der Waals surface area contributed by atoms with E-state index in [-0.39, 0.29) is 16.3 Å². The maximum atomic E-state index is 12.4. The SMILES string of the molecule is O=[N+]([O-])c1cccc(S(=O)(=O)Nc2cnn(Cc3ccccc3)c2)c1. The summed E-state index contributed by atoms with van der Waals surface area (Å²) in [5.41, 5.74) is 1.02. The first-order valence-corrected chi connectivity index (χ1v) is 8.76. The zero-order valence-electron chi connectivity index (χ0n) is 12.9. The summed E-state index contributed by atoms with van der Waals surface area (Å²) < 4.78 is 28.7. The van der Waals surface area contributed by atoms with E-state index >= 15 is 0 Å². The van der Waals surface area contributed by atoms with Crippen LogP contribution in [-0.4, -0.2) is 23.1 Å². The monoisotopic (exact) mass is 358 g/mol. The zero-order valence-corrected chi connectivity index (χ0v) is 13.8. The Hall–Kier alpha value is -3.20. The molecule has 9 heteroatoms. The Balaban J connectivity index is 1.78. The standard InChI is InChI=1S/C16H14N4O4S/c21-20(22)15-7-4-8-16(9-15)25(23,24)18-14-10-17-19(12-14)11-13-5-2-1-3-6-13/h1-10,12,18H,11H2. The highest BCUT2D eigenvalue weighted by Gasteiger charge is 2.18. The second kappa shape index (κ2) is 6.73. The minimum atomic E-state index is -3.94. The molecule has 0 saturated carbocycles. The van der Waals surface area contributed by atoms with Crippen LogP contribution in [0.1, 0.15) is 5.56 Å². The topological polar surface area (TPSA) is 107 Å². The van der Waals surface area contributed by atoms with Crippen molar-refractivity contribution in [1.82, 2.24) is 9.78 Å². The van der Waals surface area contributed by atoms with Gasteiger partial charge in [-0.3, -0.25) is 19.5 Å². The van der Waals surface area contributed by atoms with Gasteiger partial charge in [-0.25, -0.2) is 8.42 Å². The highest BCUT2D eigenvalue weighted by atomic mass is 32.2. The van der Waals surface area contributed by atoms with Gasteiger partial charge in [-0.2, -0.15) is 5.10 Å². The molecule has 1 N–H and O–H groups in total. The summed E-state index contributed by atoms with van der Waals surface area (Å²) in [7, 11) is -3.94. The second-order valence-corrected chi connectivity index (χ2v) is 6.95. The average molecular weight is 358 g/mol. The Morgan fingerprint density at radius 1 is 1.12 bits per heavy atom. The van der Waals surface area contributed by atoms with Crippen LogP contribution in [-0.2, 0) is 16.6 Å². The van der Waals surface area contributed by atoms with Crippen LogP contribution in [0, 0.1) is 10.1 Å². The molecule has 1 heterocycles. The molecule has 0 saturated heterocycles. The highest BCUT2D eigenvalue weighted by molar-refractivity contribution is 7.92. The van der Waals surface area contributed by atoms with Crippen molar-refractivity contribution in [2.24, 2.45) is 0 Å². The molecule has 0 radical (unpaired) electrons. The average Bonchev–Trinajstić information content (AvgIpc) is 3.02. The van der Waals surface area contributed by atoms with E-state index in [1.54, 1.807) is 10.9 Å². The predicted molar refractivity (Wildman–Crippen MR) is 91.7 cm³/mol. The van der Waals surface area contributed by atoms with E-state index in [2.05, 4.69) is 9.82 Å². The predicted octanol–water partition coefficient (Wildman–Crippen LogP) is 2.64. The summed E-state index contributed by atoms with van der Waals surface area (Å²) in [6.07, 6.45) is 2.94. The molecule has 1 aromatic heterocycles. The van der Waals surface area contributed by atoms with E-state index in [0.29, 0.717) is 6.54 Å². The number of hydrogen-bond donors (Lipinski definition) is 1. The molecule has 0 aliphatic heterocycles. The normalized spacial score (nSPS) is 11.2. The number of rotatable bonds is 6. The second-order valence-electron chi connectivity index (χ2n) is 5.27. The third kappa shape index (κ3) is 4.01. The van der Waals surface area contributed by atoms with E-state index in [1.807, 2.05) is 30.3 Å². The summed E-state index contributed by atoms with van der Waals surface area (Å²) in [6.45, 7) is 0.499. The number of benzene rings is 2. The lowest BCUT2D eigenvalue weighted by molar-refractivity contribution is -0.385. The molecule has 0 amide bonds. The van der Waals surface area contributed by atoms with Crippen molar-refractivity contribution < 1.29 is 13.3 Å². The van der Waals surface area contributed by atoms with Crippen molar-refractivity contribution in [2.45, 2.75) is 11.4 Å². The highest BCUT2D eigenvalue weighted by Crippen LogP contribution is 2.20. The fourth-order valence-electron chi connectivity index (χ4n) is 2.25. The van der Waals surface area contributed by atoms with E-state index in [9.17, 15) is 18.5 Å². The van der Waals surface area contributed by atoms with E-state index in [4.69, 9.17) is 0 Å². The summed E-state index contributed by atoms with van der Waals surface area (Å²) in [6, 6.07) is 14.5. The Labute approximate surface area is 143 Å². The molecule has 8 nitrogen and oxygen atoms in total. The number of sulfonamides is 1. The van der Waals surface area contributed by atoms with Crippen molar-refractivity contribution in [1.29, 1.82) is 0 Å². The molecule has 2 aromatic carbocycles. The fraction of sp³-hybridized carbons (Fsp3) is 0.0625. The van der Waals surface area contributed by atoms with E-state index < -0.39 is 14.9 Å². The number of anilines is 1. The lowest BCUT2D eigenvalue weighted by Gasteiger charge is -2.05.